The summed E-state index contributed by atoms with van der Waals surface area (Å²) < 4.78 is 17.2. The van der Waals surface area contributed by atoms with Crippen molar-refractivity contribution in [3.05, 3.63) is 84.2 Å². The lowest BCUT2D eigenvalue weighted by Crippen LogP contribution is -2.26. The molecule has 0 bridgehead atoms. The van der Waals surface area contributed by atoms with Gasteiger partial charge in [-0.1, -0.05) is 43.2 Å². The van der Waals surface area contributed by atoms with Crippen molar-refractivity contribution < 1.29 is 9.18 Å². The van der Waals surface area contributed by atoms with E-state index in [1.807, 2.05) is 28.8 Å². The Morgan fingerprint density at radius 1 is 1.03 bits per heavy atom. The topological polar surface area (TPSA) is 77.6 Å². The molecule has 0 saturated heterocycles. The molecule has 0 radical (unpaired) electrons. The van der Waals surface area contributed by atoms with Gasteiger partial charge in [-0.25, -0.2) is 9.07 Å². The van der Waals surface area contributed by atoms with Gasteiger partial charge in [0.1, 0.15) is 5.82 Å². The second-order valence-electron chi connectivity index (χ2n) is 8.68. The highest BCUT2D eigenvalue weighted by molar-refractivity contribution is 7.99. The van der Waals surface area contributed by atoms with Crippen LogP contribution in [0.25, 0.3) is 11.4 Å². The Morgan fingerprint density at radius 3 is 2.60 bits per heavy atom. The molecule has 1 fully saturated rings. The minimum atomic E-state index is -0.302. The second-order valence-corrected chi connectivity index (χ2v) is 9.66. The predicted molar refractivity (Wildman–Crippen MR) is 133 cm³/mol. The number of amides is 1. The number of carbonyl (C=O) groups excluding carboxylic acids is 1. The Labute approximate surface area is 207 Å². The summed E-state index contributed by atoms with van der Waals surface area (Å²) in [4.78, 5) is 13.1. The maximum atomic E-state index is 13.6. The molecular formula is C26H27FN6OS. The van der Waals surface area contributed by atoms with Gasteiger partial charge >= 0.3 is 0 Å². The van der Waals surface area contributed by atoms with Crippen molar-refractivity contribution in [1.82, 2.24) is 29.9 Å². The van der Waals surface area contributed by atoms with Crippen molar-refractivity contribution >= 4 is 17.7 Å². The summed E-state index contributed by atoms with van der Waals surface area (Å²) in [6, 6.07) is 15.4. The smallest absolute Gasteiger partial charge is 0.253 e. The molecule has 1 N–H and O–H groups in total. The molecule has 180 valence electrons. The predicted octanol–water partition coefficient (Wildman–Crippen LogP) is 5.19. The molecule has 1 aliphatic rings. The van der Waals surface area contributed by atoms with E-state index in [1.165, 1.54) is 44.2 Å². The van der Waals surface area contributed by atoms with Crippen molar-refractivity contribution in [3.8, 4) is 11.4 Å². The number of aromatic nitrogens is 5. The molecule has 0 unspecified atom stereocenters. The maximum Gasteiger partial charge on any atom is 0.253 e. The number of carbonyl (C=O) groups is 1. The van der Waals surface area contributed by atoms with Crippen LogP contribution in [0, 0.1) is 11.7 Å². The van der Waals surface area contributed by atoms with Gasteiger partial charge in [0, 0.05) is 23.8 Å². The minimum Gasteiger partial charge on any atom is -0.345 e. The van der Waals surface area contributed by atoms with Gasteiger partial charge in [-0.2, -0.15) is 5.10 Å². The number of halogens is 1. The van der Waals surface area contributed by atoms with Crippen molar-refractivity contribution in [3.63, 3.8) is 0 Å². The van der Waals surface area contributed by atoms with E-state index in [0.29, 0.717) is 23.0 Å². The first-order valence-electron chi connectivity index (χ1n) is 11.9. The van der Waals surface area contributed by atoms with Crippen molar-refractivity contribution in [1.29, 1.82) is 0 Å². The number of benzene rings is 2. The number of hydrogen-bond acceptors (Lipinski definition) is 5. The fourth-order valence-electron chi connectivity index (χ4n) is 4.44. The van der Waals surface area contributed by atoms with Gasteiger partial charge in [0.2, 0.25) is 0 Å². The number of rotatable bonds is 8. The first-order chi connectivity index (χ1) is 17.2. The zero-order valence-corrected chi connectivity index (χ0v) is 20.1. The average Bonchev–Trinajstić information content (AvgIpc) is 3.58. The standard InChI is InChI=1S/C26H27FN6OS/c27-20-11-13-21(14-12-20)33-24(30-31-26(33)35-18-19-7-2-1-3-8-19)17-28-25(34)22-9-4-5-10-23(22)32-16-6-15-29-32/h4-6,9-16,19H,1-3,7-8,17-18H2,(H,28,34). The van der Waals surface area contributed by atoms with E-state index in [4.69, 9.17) is 0 Å². The molecule has 2 heterocycles. The van der Waals surface area contributed by atoms with Crippen LogP contribution in [0.3, 0.4) is 0 Å². The number of hydrogen-bond donors (Lipinski definition) is 1. The second kappa shape index (κ2) is 10.9. The Hall–Kier alpha value is -3.46. The lowest BCUT2D eigenvalue weighted by molar-refractivity contribution is 0.0949. The Bertz CT molecular complexity index is 1270. The van der Waals surface area contributed by atoms with Crippen LogP contribution in [-0.2, 0) is 6.54 Å². The molecule has 7 nitrogen and oxygen atoms in total. The summed E-state index contributed by atoms with van der Waals surface area (Å²) >= 11 is 1.68. The fraction of sp³-hybridized carbons (Fsp3) is 0.308. The van der Waals surface area contributed by atoms with E-state index in [2.05, 4.69) is 20.6 Å². The van der Waals surface area contributed by atoms with Crippen LogP contribution in [-0.4, -0.2) is 36.2 Å². The molecule has 2 aromatic carbocycles. The van der Waals surface area contributed by atoms with Gasteiger partial charge in [-0.3, -0.25) is 9.36 Å². The van der Waals surface area contributed by atoms with Crippen LogP contribution >= 0.6 is 11.8 Å². The van der Waals surface area contributed by atoms with Gasteiger partial charge < -0.3 is 5.32 Å². The molecule has 0 aliphatic heterocycles. The largest absolute Gasteiger partial charge is 0.345 e. The van der Waals surface area contributed by atoms with E-state index in [-0.39, 0.29) is 18.3 Å². The van der Waals surface area contributed by atoms with Crippen LogP contribution < -0.4 is 5.32 Å². The summed E-state index contributed by atoms with van der Waals surface area (Å²) in [5, 5.41) is 16.8. The monoisotopic (exact) mass is 490 g/mol. The fourth-order valence-corrected chi connectivity index (χ4v) is 5.59. The van der Waals surface area contributed by atoms with Crippen molar-refractivity contribution in [2.24, 2.45) is 5.92 Å². The Balaban J connectivity index is 1.36. The highest BCUT2D eigenvalue weighted by atomic mass is 32.2. The van der Waals surface area contributed by atoms with Gasteiger partial charge in [-0.15, -0.1) is 10.2 Å². The Kier molecular flexibility index (Phi) is 7.23. The number of para-hydroxylation sites is 1. The lowest BCUT2D eigenvalue weighted by atomic mass is 9.91. The molecule has 5 rings (SSSR count). The number of nitrogens with zero attached hydrogens (tertiary/aromatic N) is 5. The highest BCUT2D eigenvalue weighted by Gasteiger charge is 2.20. The SMILES string of the molecule is O=C(NCc1nnc(SCC2CCCCC2)n1-c1ccc(F)cc1)c1ccccc1-n1cccn1. The summed E-state index contributed by atoms with van der Waals surface area (Å²) in [6.45, 7) is 0.181. The van der Waals surface area contributed by atoms with E-state index in [1.54, 1.807) is 47.0 Å². The summed E-state index contributed by atoms with van der Waals surface area (Å²) in [5.74, 6) is 1.70. The molecule has 0 atom stereocenters. The minimum absolute atomic E-state index is 0.181. The normalized spacial score (nSPS) is 14.2. The van der Waals surface area contributed by atoms with Crippen LogP contribution in [0.4, 0.5) is 4.39 Å². The summed E-state index contributed by atoms with van der Waals surface area (Å²) in [7, 11) is 0. The molecule has 1 amide bonds. The molecule has 1 aliphatic carbocycles. The Morgan fingerprint density at radius 2 is 1.83 bits per heavy atom. The quantitative estimate of drug-likeness (QED) is 0.344. The van der Waals surface area contributed by atoms with Crippen LogP contribution in [0.2, 0.25) is 0 Å². The van der Waals surface area contributed by atoms with Gasteiger partial charge in [0.05, 0.1) is 17.8 Å². The zero-order chi connectivity index (χ0) is 24.0. The van der Waals surface area contributed by atoms with E-state index in [0.717, 1.165) is 16.6 Å². The number of thioether (sulfide) groups is 1. The van der Waals surface area contributed by atoms with Crippen molar-refractivity contribution in [2.75, 3.05) is 5.75 Å². The summed E-state index contributed by atoms with van der Waals surface area (Å²) in [5.41, 5.74) is 1.97. The molecule has 1 saturated carbocycles. The lowest BCUT2D eigenvalue weighted by Gasteiger charge is -2.20. The van der Waals surface area contributed by atoms with Crippen LogP contribution in [0.1, 0.15) is 48.3 Å². The molecular weight excluding hydrogens is 463 g/mol. The molecule has 0 spiro atoms. The summed E-state index contributed by atoms with van der Waals surface area (Å²) in [6.07, 6.45) is 9.85. The first kappa shape index (κ1) is 23.3. The van der Waals surface area contributed by atoms with Crippen LogP contribution in [0.5, 0.6) is 0 Å². The van der Waals surface area contributed by atoms with Crippen LogP contribution in [0.15, 0.2) is 72.1 Å². The van der Waals surface area contributed by atoms with Gasteiger partial charge in [-0.05, 0) is 61.2 Å². The van der Waals surface area contributed by atoms with Gasteiger partial charge in [0.15, 0.2) is 11.0 Å². The average molecular weight is 491 g/mol. The van der Waals surface area contributed by atoms with Gasteiger partial charge in [0.25, 0.3) is 5.91 Å². The molecule has 2 aromatic heterocycles. The molecule has 4 aromatic rings. The van der Waals surface area contributed by atoms with E-state index in [9.17, 15) is 9.18 Å². The zero-order valence-electron chi connectivity index (χ0n) is 19.3. The number of nitrogens with one attached hydrogen (secondary N) is 1. The molecule has 9 heteroatoms. The highest BCUT2D eigenvalue weighted by Crippen LogP contribution is 2.30. The third-order valence-electron chi connectivity index (χ3n) is 6.27. The third-order valence-corrected chi connectivity index (χ3v) is 7.43. The maximum absolute atomic E-state index is 13.6. The van der Waals surface area contributed by atoms with Crippen molar-refractivity contribution in [2.45, 2.75) is 43.8 Å². The van der Waals surface area contributed by atoms with E-state index < -0.39 is 0 Å². The molecule has 35 heavy (non-hydrogen) atoms. The first-order valence-corrected chi connectivity index (χ1v) is 12.9. The van der Waals surface area contributed by atoms with E-state index >= 15 is 0 Å². The third kappa shape index (κ3) is 5.45.